The van der Waals surface area contributed by atoms with Crippen molar-refractivity contribution in [2.24, 2.45) is 0 Å². The summed E-state index contributed by atoms with van der Waals surface area (Å²) in [6.45, 7) is 3.26. The summed E-state index contributed by atoms with van der Waals surface area (Å²) in [6.07, 6.45) is 2.97. The van der Waals surface area contributed by atoms with Crippen molar-refractivity contribution in [2.45, 2.75) is 38.6 Å². The maximum Gasteiger partial charge on any atom is 0.258 e. The van der Waals surface area contributed by atoms with Gasteiger partial charge in [-0.3, -0.25) is 9.59 Å². The molecule has 1 aromatic rings. The first kappa shape index (κ1) is 17.2. The summed E-state index contributed by atoms with van der Waals surface area (Å²) in [5, 5.41) is 2.92. The second-order valence-electron chi connectivity index (χ2n) is 5.72. The lowest BCUT2D eigenvalue weighted by atomic mass is 10.0. The highest BCUT2D eigenvalue weighted by molar-refractivity contribution is 5.78. The minimum Gasteiger partial charge on any atom is -0.484 e. The van der Waals surface area contributed by atoms with E-state index < -0.39 is 0 Å². The molecule has 6 heteroatoms. The van der Waals surface area contributed by atoms with Gasteiger partial charge in [-0.1, -0.05) is 6.92 Å². The summed E-state index contributed by atoms with van der Waals surface area (Å²) in [6, 6.07) is 5.62. The van der Waals surface area contributed by atoms with E-state index in [4.69, 9.17) is 4.74 Å². The molecule has 0 unspecified atom stereocenters. The van der Waals surface area contributed by atoms with E-state index in [0.29, 0.717) is 25.3 Å². The molecule has 2 rings (SSSR count). The lowest BCUT2D eigenvalue weighted by Gasteiger charge is -2.32. The van der Waals surface area contributed by atoms with Gasteiger partial charge in [0, 0.05) is 25.6 Å². The number of benzene rings is 1. The fraction of sp³-hybridized carbons (Fsp3) is 0.529. The van der Waals surface area contributed by atoms with E-state index in [1.807, 2.05) is 11.8 Å². The van der Waals surface area contributed by atoms with Crippen LogP contribution in [0.4, 0.5) is 4.39 Å². The Kier molecular flexibility index (Phi) is 6.38. The van der Waals surface area contributed by atoms with Gasteiger partial charge in [0.2, 0.25) is 5.91 Å². The van der Waals surface area contributed by atoms with E-state index >= 15 is 0 Å². The van der Waals surface area contributed by atoms with Crippen LogP contribution in [0.3, 0.4) is 0 Å². The highest BCUT2D eigenvalue weighted by Crippen LogP contribution is 2.13. The monoisotopic (exact) mass is 322 g/mol. The maximum absolute atomic E-state index is 12.8. The SMILES string of the molecule is CCCC(=O)N1CCC(NC(=O)COc2ccc(F)cc2)CC1. The predicted octanol–water partition coefficient (Wildman–Crippen LogP) is 2.11. The van der Waals surface area contributed by atoms with Crippen molar-refractivity contribution in [3.05, 3.63) is 30.1 Å². The molecule has 0 bridgehead atoms. The van der Waals surface area contributed by atoms with Crippen LogP contribution in [0.15, 0.2) is 24.3 Å². The quantitative estimate of drug-likeness (QED) is 0.873. The molecule has 0 aromatic heterocycles. The standard InChI is InChI=1S/C17H23FN2O3/c1-2-3-17(22)20-10-8-14(9-11-20)19-16(21)12-23-15-6-4-13(18)5-7-15/h4-7,14H,2-3,8-12H2,1H3,(H,19,21). The highest BCUT2D eigenvalue weighted by atomic mass is 19.1. The highest BCUT2D eigenvalue weighted by Gasteiger charge is 2.23. The molecular weight excluding hydrogens is 299 g/mol. The van der Waals surface area contributed by atoms with Gasteiger partial charge in [-0.15, -0.1) is 0 Å². The number of rotatable bonds is 6. The average molecular weight is 322 g/mol. The summed E-state index contributed by atoms with van der Waals surface area (Å²) in [5.74, 6) is 0.109. The van der Waals surface area contributed by atoms with Gasteiger partial charge in [0.15, 0.2) is 6.61 Å². The van der Waals surface area contributed by atoms with Crippen molar-refractivity contribution in [3.8, 4) is 5.75 Å². The Morgan fingerprint density at radius 1 is 1.26 bits per heavy atom. The Labute approximate surface area is 135 Å². The van der Waals surface area contributed by atoms with Crippen molar-refractivity contribution >= 4 is 11.8 Å². The van der Waals surface area contributed by atoms with Gasteiger partial charge >= 0.3 is 0 Å². The molecule has 2 amide bonds. The maximum atomic E-state index is 12.8. The Hall–Kier alpha value is -2.11. The predicted molar refractivity (Wildman–Crippen MR) is 84.5 cm³/mol. The number of hydrogen-bond acceptors (Lipinski definition) is 3. The number of carbonyl (C=O) groups is 2. The molecule has 0 atom stereocenters. The van der Waals surface area contributed by atoms with Gasteiger partial charge in [-0.2, -0.15) is 0 Å². The molecule has 0 spiro atoms. The number of amides is 2. The van der Waals surface area contributed by atoms with Gasteiger partial charge in [0.1, 0.15) is 11.6 Å². The molecule has 0 radical (unpaired) electrons. The number of halogens is 1. The molecule has 1 heterocycles. The third-order valence-corrected chi connectivity index (χ3v) is 3.86. The van der Waals surface area contributed by atoms with E-state index in [-0.39, 0.29) is 30.3 Å². The molecular formula is C17H23FN2O3. The molecule has 0 aliphatic carbocycles. The van der Waals surface area contributed by atoms with Crippen molar-refractivity contribution in [3.63, 3.8) is 0 Å². The van der Waals surface area contributed by atoms with Crippen LogP contribution in [0.1, 0.15) is 32.6 Å². The normalized spacial score (nSPS) is 15.3. The van der Waals surface area contributed by atoms with Crippen LogP contribution in [0.25, 0.3) is 0 Å². The van der Waals surface area contributed by atoms with E-state index in [2.05, 4.69) is 5.32 Å². The first-order valence-electron chi connectivity index (χ1n) is 8.04. The zero-order valence-electron chi connectivity index (χ0n) is 13.4. The lowest BCUT2D eigenvalue weighted by Crippen LogP contribution is -2.47. The van der Waals surface area contributed by atoms with Gasteiger partial charge < -0.3 is 15.0 Å². The fourth-order valence-electron chi connectivity index (χ4n) is 2.59. The number of nitrogens with one attached hydrogen (secondary N) is 1. The zero-order chi connectivity index (χ0) is 16.7. The summed E-state index contributed by atoms with van der Waals surface area (Å²) >= 11 is 0. The van der Waals surface area contributed by atoms with Crippen molar-refractivity contribution < 1.29 is 18.7 Å². The molecule has 1 aromatic carbocycles. The van der Waals surface area contributed by atoms with Crippen LogP contribution in [0, 0.1) is 5.82 Å². The van der Waals surface area contributed by atoms with Crippen molar-refractivity contribution in [1.29, 1.82) is 0 Å². The zero-order valence-corrected chi connectivity index (χ0v) is 13.4. The van der Waals surface area contributed by atoms with Crippen molar-refractivity contribution in [1.82, 2.24) is 10.2 Å². The topological polar surface area (TPSA) is 58.6 Å². The molecule has 1 aliphatic rings. The molecule has 1 aliphatic heterocycles. The smallest absolute Gasteiger partial charge is 0.258 e. The Balaban J connectivity index is 1.68. The number of carbonyl (C=O) groups excluding carboxylic acids is 2. The number of nitrogens with zero attached hydrogens (tertiary/aromatic N) is 1. The van der Waals surface area contributed by atoms with E-state index in [0.717, 1.165) is 19.3 Å². The van der Waals surface area contributed by atoms with Crippen LogP contribution < -0.4 is 10.1 Å². The Morgan fingerprint density at radius 2 is 1.91 bits per heavy atom. The Morgan fingerprint density at radius 3 is 2.52 bits per heavy atom. The van der Waals surface area contributed by atoms with Gasteiger partial charge in [-0.25, -0.2) is 4.39 Å². The summed E-state index contributed by atoms with van der Waals surface area (Å²) in [7, 11) is 0. The minimum atomic E-state index is -0.341. The summed E-state index contributed by atoms with van der Waals surface area (Å²) < 4.78 is 18.1. The molecule has 5 nitrogen and oxygen atoms in total. The van der Waals surface area contributed by atoms with Crippen LogP contribution in [0.5, 0.6) is 5.75 Å². The van der Waals surface area contributed by atoms with Gasteiger partial charge in [0.25, 0.3) is 5.91 Å². The summed E-state index contributed by atoms with van der Waals surface area (Å²) in [4.78, 5) is 25.5. The van der Waals surface area contributed by atoms with E-state index in [1.165, 1.54) is 24.3 Å². The largest absolute Gasteiger partial charge is 0.484 e. The number of hydrogen-bond donors (Lipinski definition) is 1. The van der Waals surface area contributed by atoms with Crippen molar-refractivity contribution in [2.75, 3.05) is 19.7 Å². The van der Waals surface area contributed by atoms with Gasteiger partial charge in [0.05, 0.1) is 0 Å². The fourth-order valence-corrected chi connectivity index (χ4v) is 2.59. The molecule has 23 heavy (non-hydrogen) atoms. The molecule has 1 saturated heterocycles. The van der Waals surface area contributed by atoms with E-state index in [9.17, 15) is 14.0 Å². The second kappa shape index (κ2) is 8.50. The summed E-state index contributed by atoms with van der Waals surface area (Å²) in [5.41, 5.74) is 0. The average Bonchev–Trinajstić information content (AvgIpc) is 2.55. The molecule has 1 fully saturated rings. The molecule has 126 valence electrons. The van der Waals surface area contributed by atoms with Crippen LogP contribution in [-0.2, 0) is 9.59 Å². The van der Waals surface area contributed by atoms with Gasteiger partial charge in [-0.05, 0) is 43.5 Å². The molecule has 0 saturated carbocycles. The van der Waals surface area contributed by atoms with Crippen LogP contribution in [-0.4, -0.2) is 42.5 Å². The first-order chi connectivity index (χ1) is 11.1. The third kappa shape index (κ3) is 5.54. The Bertz CT molecular complexity index is 525. The van der Waals surface area contributed by atoms with Crippen LogP contribution in [0.2, 0.25) is 0 Å². The first-order valence-corrected chi connectivity index (χ1v) is 8.04. The van der Waals surface area contributed by atoms with Crippen LogP contribution >= 0.6 is 0 Å². The lowest BCUT2D eigenvalue weighted by molar-refractivity contribution is -0.132. The number of ether oxygens (including phenoxy) is 1. The number of piperidine rings is 1. The second-order valence-corrected chi connectivity index (χ2v) is 5.72. The number of likely N-dealkylation sites (tertiary alicyclic amines) is 1. The minimum absolute atomic E-state index is 0.0741. The van der Waals surface area contributed by atoms with E-state index in [1.54, 1.807) is 0 Å². The third-order valence-electron chi connectivity index (χ3n) is 3.86. The molecule has 1 N–H and O–H groups in total.